The van der Waals surface area contributed by atoms with E-state index in [2.05, 4.69) is 0 Å². The number of nitrogens with two attached hydrogens (primary N) is 1. The summed E-state index contributed by atoms with van der Waals surface area (Å²) in [4.78, 5) is 0. The number of halogens is 1. The fourth-order valence-corrected chi connectivity index (χ4v) is 0.867. The predicted molar refractivity (Wildman–Crippen MR) is 46.6 cm³/mol. The van der Waals surface area contributed by atoms with Gasteiger partial charge >= 0.3 is 0 Å². The fraction of sp³-hybridized carbons (Fsp3) is 0.333. The second-order valence-electron chi connectivity index (χ2n) is 2.85. The molecule has 0 unspecified atom stereocenters. The number of hydrogen-bond acceptors (Lipinski definition) is 2. The molecule has 66 valence electrons. The van der Waals surface area contributed by atoms with Crippen LogP contribution in [0.3, 0.4) is 0 Å². The summed E-state index contributed by atoms with van der Waals surface area (Å²) in [5.74, 6) is 0.190. The van der Waals surface area contributed by atoms with E-state index in [0.717, 1.165) is 0 Å². The van der Waals surface area contributed by atoms with Crippen molar-refractivity contribution in [1.82, 2.24) is 0 Å². The molecule has 0 radical (unpaired) electrons. The van der Waals surface area contributed by atoms with Crippen LogP contribution in [-0.4, -0.2) is 6.10 Å². The van der Waals surface area contributed by atoms with E-state index in [1.54, 1.807) is 6.07 Å². The van der Waals surface area contributed by atoms with E-state index < -0.39 is 5.82 Å². The van der Waals surface area contributed by atoms with Gasteiger partial charge in [0.15, 0.2) is 0 Å². The topological polar surface area (TPSA) is 35.2 Å². The van der Waals surface area contributed by atoms with Gasteiger partial charge in [-0.05, 0) is 26.0 Å². The molecule has 0 aliphatic rings. The summed E-state index contributed by atoms with van der Waals surface area (Å²) in [6, 6.07) is 4.34. The van der Waals surface area contributed by atoms with Crippen LogP contribution in [-0.2, 0) is 0 Å². The fourth-order valence-electron chi connectivity index (χ4n) is 0.867. The van der Waals surface area contributed by atoms with E-state index in [0.29, 0.717) is 5.75 Å². The summed E-state index contributed by atoms with van der Waals surface area (Å²) < 4.78 is 18.0. The Kier molecular flexibility index (Phi) is 2.53. The second-order valence-corrected chi connectivity index (χ2v) is 2.85. The summed E-state index contributed by atoms with van der Waals surface area (Å²) in [6.07, 6.45) is 0.0786. The van der Waals surface area contributed by atoms with Crippen LogP contribution in [0.4, 0.5) is 10.1 Å². The Balaban J connectivity index is 2.82. The van der Waals surface area contributed by atoms with Gasteiger partial charge in [-0.1, -0.05) is 0 Å². The lowest BCUT2D eigenvalue weighted by atomic mass is 10.3. The minimum Gasteiger partial charge on any atom is -0.491 e. The van der Waals surface area contributed by atoms with E-state index in [1.165, 1.54) is 12.1 Å². The van der Waals surface area contributed by atoms with E-state index in [4.69, 9.17) is 10.5 Å². The Morgan fingerprint density at radius 1 is 1.42 bits per heavy atom. The zero-order valence-corrected chi connectivity index (χ0v) is 7.17. The van der Waals surface area contributed by atoms with E-state index >= 15 is 0 Å². The molecule has 1 aromatic carbocycles. The van der Waals surface area contributed by atoms with Crippen LogP contribution in [0.25, 0.3) is 0 Å². The lowest BCUT2D eigenvalue weighted by molar-refractivity contribution is 0.242. The van der Waals surface area contributed by atoms with E-state index in [-0.39, 0.29) is 11.8 Å². The first-order chi connectivity index (χ1) is 5.59. The SMILES string of the molecule is CC(C)Oc1ccc(F)c(N)c1. The predicted octanol–water partition coefficient (Wildman–Crippen LogP) is 2.20. The molecule has 0 saturated carbocycles. The van der Waals surface area contributed by atoms with Crippen molar-refractivity contribution >= 4 is 5.69 Å². The van der Waals surface area contributed by atoms with Crippen molar-refractivity contribution in [3.8, 4) is 5.75 Å². The molecule has 1 aromatic rings. The van der Waals surface area contributed by atoms with Gasteiger partial charge in [0.2, 0.25) is 0 Å². The Labute approximate surface area is 71.1 Å². The van der Waals surface area contributed by atoms with Crippen molar-refractivity contribution in [2.45, 2.75) is 20.0 Å². The maximum atomic E-state index is 12.7. The monoisotopic (exact) mass is 169 g/mol. The third kappa shape index (κ3) is 2.12. The van der Waals surface area contributed by atoms with Gasteiger partial charge in [0.05, 0.1) is 11.8 Å². The number of ether oxygens (including phenoxy) is 1. The summed E-state index contributed by atoms with van der Waals surface area (Å²) in [5, 5.41) is 0. The number of nitrogen functional groups attached to an aromatic ring is 1. The van der Waals surface area contributed by atoms with Gasteiger partial charge in [-0.3, -0.25) is 0 Å². The van der Waals surface area contributed by atoms with Gasteiger partial charge in [-0.25, -0.2) is 4.39 Å². The third-order valence-corrected chi connectivity index (χ3v) is 1.34. The Hall–Kier alpha value is -1.25. The molecular formula is C9H12FNO. The first-order valence-electron chi connectivity index (χ1n) is 3.81. The molecule has 2 N–H and O–H groups in total. The average Bonchev–Trinajstić information content (AvgIpc) is 1.96. The van der Waals surface area contributed by atoms with Gasteiger partial charge in [0, 0.05) is 6.07 Å². The number of hydrogen-bond donors (Lipinski definition) is 1. The van der Waals surface area contributed by atoms with Crippen LogP contribution in [0, 0.1) is 5.82 Å². The standard InChI is InChI=1S/C9H12FNO/c1-6(2)12-7-3-4-8(10)9(11)5-7/h3-6H,11H2,1-2H3. The normalized spacial score (nSPS) is 10.3. The first kappa shape index (κ1) is 8.84. The Morgan fingerprint density at radius 3 is 2.58 bits per heavy atom. The molecule has 0 aliphatic heterocycles. The van der Waals surface area contributed by atoms with E-state index in [9.17, 15) is 4.39 Å². The van der Waals surface area contributed by atoms with Gasteiger partial charge < -0.3 is 10.5 Å². The highest BCUT2D eigenvalue weighted by molar-refractivity contribution is 5.45. The summed E-state index contributed by atoms with van der Waals surface area (Å²) in [6.45, 7) is 3.80. The molecule has 1 rings (SSSR count). The zero-order chi connectivity index (χ0) is 9.14. The highest BCUT2D eigenvalue weighted by Gasteiger charge is 2.01. The lowest BCUT2D eigenvalue weighted by Crippen LogP contribution is -2.05. The maximum Gasteiger partial charge on any atom is 0.146 e. The molecule has 0 spiro atoms. The highest BCUT2D eigenvalue weighted by atomic mass is 19.1. The van der Waals surface area contributed by atoms with Gasteiger partial charge in [0.25, 0.3) is 0 Å². The molecule has 0 bridgehead atoms. The largest absolute Gasteiger partial charge is 0.491 e. The third-order valence-electron chi connectivity index (χ3n) is 1.34. The quantitative estimate of drug-likeness (QED) is 0.689. The minimum absolute atomic E-state index is 0.0786. The van der Waals surface area contributed by atoms with Crippen LogP contribution in [0.15, 0.2) is 18.2 Å². The molecule has 2 nitrogen and oxygen atoms in total. The van der Waals surface area contributed by atoms with Crippen molar-refractivity contribution in [3.05, 3.63) is 24.0 Å². The van der Waals surface area contributed by atoms with Crippen LogP contribution in [0.5, 0.6) is 5.75 Å². The molecule has 0 atom stereocenters. The van der Waals surface area contributed by atoms with Crippen molar-refractivity contribution in [1.29, 1.82) is 0 Å². The Morgan fingerprint density at radius 2 is 2.08 bits per heavy atom. The van der Waals surface area contributed by atoms with Crippen LogP contribution in [0.2, 0.25) is 0 Å². The average molecular weight is 169 g/mol. The molecule has 0 saturated heterocycles. The van der Waals surface area contributed by atoms with Crippen molar-refractivity contribution in [2.75, 3.05) is 5.73 Å². The molecule has 0 fully saturated rings. The molecule has 0 aliphatic carbocycles. The van der Waals surface area contributed by atoms with Crippen molar-refractivity contribution < 1.29 is 9.13 Å². The number of rotatable bonds is 2. The maximum absolute atomic E-state index is 12.7. The summed E-state index contributed by atoms with van der Waals surface area (Å²) in [5.41, 5.74) is 5.46. The Bertz CT molecular complexity index is 273. The molecular weight excluding hydrogens is 157 g/mol. The number of anilines is 1. The van der Waals surface area contributed by atoms with Crippen LogP contribution >= 0.6 is 0 Å². The smallest absolute Gasteiger partial charge is 0.146 e. The lowest BCUT2D eigenvalue weighted by Gasteiger charge is -2.09. The van der Waals surface area contributed by atoms with Gasteiger partial charge in [0.1, 0.15) is 11.6 Å². The number of benzene rings is 1. The van der Waals surface area contributed by atoms with Crippen LogP contribution < -0.4 is 10.5 Å². The molecule has 0 heterocycles. The first-order valence-corrected chi connectivity index (χ1v) is 3.81. The summed E-state index contributed by atoms with van der Waals surface area (Å²) >= 11 is 0. The summed E-state index contributed by atoms with van der Waals surface area (Å²) in [7, 11) is 0. The highest BCUT2D eigenvalue weighted by Crippen LogP contribution is 2.19. The van der Waals surface area contributed by atoms with E-state index in [1.807, 2.05) is 13.8 Å². The van der Waals surface area contributed by atoms with Crippen LogP contribution in [0.1, 0.15) is 13.8 Å². The second kappa shape index (κ2) is 3.43. The molecule has 3 heteroatoms. The van der Waals surface area contributed by atoms with Crippen molar-refractivity contribution in [3.63, 3.8) is 0 Å². The zero-order valence-electron chi connectivity index (χ0n) is 7.17. The van der Waals surface area contributed by atoms with Gasteiger partial charge in [-0.15, -0.1) is 0 Å². The van der Waals surface area contributed by atoms with Gasteiger partial charge in [-0.2, -0.15) is 0 Å². The molecule has 0 aromatic heterocycles. The minimum atomic E-state index is -0.411. The van der Waals surface area contributed by atoms with Crippen molar-refractivity contribution in [2.24, 2.45) is 0 Å². The molecule has 0 amide bonds. The molecule has 12 heavy (non-hydrogen) atoms.